The molecule has 0 heterocycles. The Kier molecular flexibility index (Phi) is 11.4. The van der Waals surface area contributed by atoms with Crippen LogP contribution in [0.25, 0.3) is 0 Å². The second-order valence-electron chi connectivity index (χ2n) is 4.84. The number of nitrogens with zero attached hydrogens (tertiary/aromatic N) is 2. The Balaban J connectivity index is 3.26. The van der Waals surface area contributed by atoms with Gasteiger partial charge in [0.15, 0.2) is 0 Å². The van der Waals surface area contributed by atoms with Crippen LogP contribution in [0, 0.1) is 0 Å². The number of hydrogen-bond donors (Lipinski definition) is 0. The molecule has 0 saturated heterocycles. The van der Waals surface area contributed by atoms with Crippen LogP contribution in [0.15, 0.2) is 9.98 Å². The highest BCUT2D eigenvalue weighted by atomic mass is 16.1. The van der Waals surface area contributed by atoms with E-state index in [1.165, 1.54) is 25.7 Å². The van der Waals surface area contributed by atoms with Crippen molar-refractivity contribution in [1.82, 2.24) is 0 Å². The quantitative estimate of drug-likeness (QED) is 0.321. The zero-order chi connectivity index (χ0) is 13.6. The van der Waals surface area contributed by atoms with Crippen molar-refractivity contribution in [2.45, 2.75) is 77.3 Å². The van der Waals surface area contributed by atoms with Crippen molar-refractivity contribution in [1.29, 1.82) is 0 Å². The molecule has 0 fully saturated rings. The minimum atomic E-state index is 0.115. The molecule has 0 bridgehead atoms. The number of isocyanates is 2. The van der Waals surface area contributed by atoms with Gasteiger partial charge in [-0.15, -0.1) is 0 Å². The fraction of sp³-hybridized carbons (Fsp3) is 0.857. The minimum Gasteiger partial charge on any atom is -0.211 e. The molecule has 0 N–H and O–H groups in total. The van der Waals surface area contributed by atoms with Crippen LogP contribution >= 0.6 is 0 Å². The average molecular weight is 252 g/mol. The van der Waals surface area contributed by atoms with Crippen molar-refractivity contribution in [2.75, 3.05) is 0 Å². The Morgan fingerprint density at radius 3 is 1.39 bits per heavy atom. The molecule has 0 saturated carbocycles. The SMILES string of the molecule is CC(CCCCCCCCC(C)N=C=O)N=C=O. The van der Waals surface area contributed by atoms with E-state index >= 15 is 0 Å². The molecule has 18 heavy (non-hydrogen) atoms. The zero-order valence-electron chi connectivity index (χ0n) is 11.5. The second-order valence-corrected chi connectivity index (χ2v) is 4.84. The van der Waals surface area contributed by atoms with Crippen LogP contribution in [0.1, 0.15) is 65.2 Å². The first-order valence-corrected chi connectivity index (χ1v) is 6.84. The van der Waals surface area contributed by atoms with Gasteiger partial charge in [-0.25, -0.2) is 19.6 Å². The van der Waals surface area contributed by atoms with Crippen molar-refractivity contribution in [2.24, 2.45) is 9.98 Å². The van der Waals surface area contributed by atoms with E-state index in [2.05, 4.69) is 9.98 Å². The number of hydrogen-bond acceptors (Lipinski definition) is 4. The highest BCUT2D eigenvalue weighted by molar-refractivity contribution is 5.33. The normalized spacial score (nSPS) is 13.2. The van der Waals surface area contributed by atoms with Crippen molar-refractivity contribution in [3.05, 3.63) is 0 Å². The van der Waals surface area contributed by atoms with Gasteiger partial charge >= 0.3 is 0 Å². The molecule has 4 nitrogen and oxygen atoms in total. The lowest BCUT2D eigenvalue weighted by atomic mass is 10.0. The molecular weight excluding hydrogens is 228 g/mol. The van der Waals surface area contributed by atoms with Gasteiger partial charge in [-0.2, -0.15) is 0 Å². The Hall–Kier alpha value is -1.24. The predicted octanol–water partition coefficient (Wildman–Crippen LogP) is 3.56. The molecule has 0 aliphatic carbocycles. The summed E-state index contributed by atoms with van der Waals surface area (Å²) in [5, 5.41) is 0. The topological polar surface area (TPSA) is 58.9 Å². The van der Waals surface area contributed by atoms with E-state index in [4.69, 9.17) is 0 Å². The van der Waals surface area contributed by atoms with Crippen molar-refractivity contribution in [3.63, 3.8) is 0 Å². The Morgan fingerprint density at radius 1 is 0.722 bits per heavy atom. The van der Waals surface area contributed by atoms with Crippen LogP contribution in [-0.2, 0) is 9.59 Å². The van der Waals surface area contributed by atoms with Gasteiger partial charge in [0.2, 0.25) is 12.2 Å². The van der Waals surface area contributed by atoms with Crippen LogP contribution in [-0.4, -0.2) is 24.2 Å². The van der Waals surface area contributed by atoms with Gasteiger partial charge < -0.3 is 0 Å². The van der Waals surface area contributed by atoms with Gasteiger partial charge in [-0.05, 0) is 26.7 Å². The highest BCUT2D eigenvalue weighted by Crippen LogP contribution is 2.12. The first-order chi connectivity index (χ1) is 8.70. The molecule has 0 aliphatic rings. The highest BCUT2D eigenvalue weighted by Gasteiger charge is 2.00. The molecule has 0 radical (unpaired) electrons. The predicted molar refractivity (Wildman–Crippen MR) is 72.1 cm³/mol. The van der Waals surface area contributed by atoms with Crippen LogP contribution in [0.5, 0.6) is 0 Å². The van der Waals surface area contributed by atoms with Gasteiger partial charge in [0.05, 0.1) is 12.1 Å². The van der Waals surface area contributed by atoms with Crippen LogP contribution in [0.4, 0.5) is 0 Å². The summed E-state index contributed by atoms with van der Waals surface area (Å²) in [6.45, 7) is 3.89. The van der Waals surface area contributed by atoms with Gasteiger partial charge in [0.1, 0.15) is 0 Å². The number of unbranched alkanes of at least 4 members (excludes halogenated alkanes) is 5. The molecule has 0 rings (SSSR count). The van der Waals surface area contributed by atoms with E-state index in [0.29, 0.717) is 0 Å². The van der Waals surface area contributed by atoms with Crippen molar-refractivity contribution in [3.8, 4) is 0 Å². The average Bonchev–Trinajstić information content (AvgIpc) is 2.33. The minimum absolute atomic E-state index is 0.115. The maximum absolute atomic E-state index is 10.0. The number of carbonyl (C=O) groups excluding carboxylic acids is 2. The third-order valence-corrected chi connectivity index (χ3v) is 3.04. The summed E-state index contributed by atoms with van der Waals surface area (Å²) in [5.41, 5.74) is 0. The lowest BCUT2D eigenvalue weighted by Gasteiger charge is -2.05. The lowest BCUT2D eigenvalue weighted by molar-refractivity contribution is 0.520. The Morgan fingerprint density at radius 2 is 1.06 bits per heavy atom. The van der Waals surface area contributed by atoms with E-state index < -0.39 is 0 Å². The maximum atomic E-state index is 10.0. The van der Waals surface area contributed by atoms with Crippen LogP contribution < -0.4 is 0 Å². The number of rotatable bonds is 11. The zero-order valence-corrected chi connectivity index (χ0v) is 11.5. The standard InChI is InChI=1S/C14H24N2O2/c1-13(15-11-17)9-7-5-3-4-6-8-10-14(2)16-12-18/h13-14H,3-10H2,1-2H3. The molecule has 0 amide bonds. The summed E-state index contributed by atoms with van der Waals surface area (Å²) in [7, 11) is 0. The molecule has 2 atom stereocenters. The molecule has 0 aromatic carbocycles. The van der Waals surface area contributed by atoms with E-state index in [1.807, 2.05) is 13.8 Å². The first kappa shape index (κ1) is 16.8. The summed E-state index contributed by atoms with van der Waals surface area (Å²) in [6.07, 6.45) is 12.2. The molecule has 2 unspecified atom stereocenters. The molecule has 102 valence electrons. The summed E-state index contributed by atoms with van der Waals surface area (Å²) < 4.78 is 0. The smallest absolute Gasteiger partial charge is 0.211 e. The van der Waals surface area contributed by atoms with Gasteiger partial charge in [-0.1, -0.05) is 38.5 Å². The third kappa shape index (κ3) is 11.3. The summed E-state index contributed by atoms with van der Waals surface area (Å²) in [5.74, 6) is 0. The molecule has 0 aromatic heterocycles. The molecule has 0 aromatic rings. The summed E-state index contributed by atoms with van der Waals surface area (Å²) >= 11 is 0. The fourth-order valence-corrected chi connectivity index (χ4v) is 1.90. The van der Waals surface area contributed by atoms with E-state index in [9.17, 15) is 9.59 Å². The largest absolute Gasteiger partial charge is 0.235 e. The first-order valence-electron chi connectivity index (χ1n) is 6.84. The monoisotopic (exact) mass is 252 g/mol. The Labute approximate surface area is 110 Å². The fourth-order valence-electron chi connectivity index (χ4n) is 1.90. The lowest BCUT2D eigenvalue weighted by Crippen LogP contribution is -1.97. The van der Waals surface area contributed by atoms with E-state index in [1.54, 1.807) is 12.2 Å². The maximum Gasteiger partial charge on any atom is 0.235 e. The van der Waals surface area contributed by atoms with Crippen LogP contribution in [0.2, 0.25) is 0 Å². The van der Waals surface area contributed by atoms with E-state index in [0.717, 1.165) is 25.7 Å². The number of aliphatic imine (C=N–C) groups is 2. The summed E-state index contributed by atoms with van der Waals surface area (Å²) in [6, 6.07) is 0.231. The molecule has 0 spiro atoms. The molecule has 4 heteroatoms. The van der Waals surface area contributed by atoms with Gasteiger partial charge in [0.25, 0.3) is 0 Å². The second kappa shape index (κ2) is 12.2. The van der Waals surface area contributed by atoms with Crippen molar-refractivity contribution >= 4 is 12.2 Å². The van der Waals surface area contributed by atoms with E-state index in [-0.39, 0.29) is 12.1 Å². The molecular formula is C14H24N2O2. The van der Waals surface area contributed by atoms with Crippen molar-refractivity contribution < 1.29 is 9.59 Å². The van der Waals surface area contributed by atoms with Gasteiger partial charge in [-0.3, -0.25) is 0 Å². The Bertz CT molecular complexity index is 262. The van der Waals surface area contributed by atoms with Crippen LogP contribution in [0.3, 0.4) is 0 Å². The summed E-state index contributed by atoms with van der Waals surface area (Å²) in [4.78, 5) is 27.3. The van der Waals surface area contributed by atoms with Gasteiger partial charge in [0, 0.05) is 0 Å². The molecule has 0 aliphatic heterocycles. The third-order valence-electron chi connectivity index (χ3n) is 3.04.